The van der Waals surface area contributed by atoms with E-state index in [-0.39, 0.29) is 5.88 Å². The van der Waals surface area contributed by atoms with E-state index < -0.39 is 6.10 Å². The summed E-state index contributed by atoms with van der Waals surface area (Å²) in [5, 5.41) is 17.5. The van der Waals surface area contributed by atoms with E-state index in [2.05, 4.69) is 10.4 Å². The maximum absolute atomic E-state index is 9.50. The van der Waals surface area contributed by atoms with Crippen molar-refractivity contribution >= 4 is 28.9 Å². The van der Waals surface area contributed by atoms with Crippen molar-refractivity contribution < 1.29 is 5.11 Å². The van der Waals surface area contributed by atoms with Crippen LogP contribution in [0.4, 0.5) is 5.69 Å². The van der Waals surface area contributed by atoms with Crippen molar-refractivity contribution in [3.8, 4) is 5.69 Å². The summed E-state index contributed by atoms with van der Waals surface area (Å²) in [6, 6.07) is 5.48. The minimum Gasteiger partial charge on any atom is -0.390 e. The normalized spacial score (nSPS) is 12.4. The van der Waals surface area contributed by atoms with E-state index >= 15 is 0 Å². The second kappa shape index (κ2) is 6.28. The average Bonchev–Trinajstić information content (AvgIpc) is 2.82. The van der Waals surface area contributed by atoms with Gasteiger partial charge in [-0.15, -0.1) is 11.6 Å². The van der Waals surface area contributed by atoms with E-state index in [9.17, 15) is 5.11 Å². The first-order valence-electron chi connectivity index (χ1n) is 5.89. The minimum atomic E-state index is -0.604. The number of hydrogen-bond acceptors (Lipinski definition) is 3. The largest absolute Gasteiger partial charge is 0.390 e. The standard InChI is InChI=1S/C13H15Cl2N3O/c1-9-6-17-18(8-9)13-3-2-10(15)4-12(13)16-7-11(19)5-14/h2-4,6,8,11,16,19H,5,7H2,1H3. The van der Waals surface area contributed by atoms with Crippen LogP contribution in [0.15, 0.2) is 30.6 Å². The van der Waals surface area contributed by atoms with Gasteiger partial charge in [0, 0.05) is 17.8 Å². The molecule has 2 N–H and O–H groups in total. The maximum atomic E-state index is 9.50. The van der Waals surface area contributed by atoms with E-state index in [0.717, 1.165) is 16.9 Å². The number of hydrogen-bond donors (Lipinski definition) is 2. The first-order chi connectivity index (χ1) is 9.10. The lowest BCUT2D eigenvalue weighted by atomic mass is 10.2. The highest BCUT2D eigenvalue weighted by Crippen LogP contribution is 2.24. The van der Waals surface area contributed by atoms with Crippen LogP contribution in [-0.4, -0.2) is 33.4 Å². The molecule has 2 aromatic rings. The Labute approximate surface area is 122 Å². The molecule has 2 rings (SSSR count). The third kappa shape index (κ3) is 3.62. The van der Waals surface area contributed by atoms with Gasteiger partial charge >= 0.3 is 0 Å². The Morgan fingerprint density at radius 1 is 1.47 bits per heavy atom. The van der Waals surface area contributed by atoms with Crippen molar-refractivity contribution in [3.05, 3.63) is 41.2 Å². The summed E-state index contributed by atoms with van der Waals surface area (Å²) in [7, 11) is 0. The van der Waals surface area contributed by atoms with Crippen molar-refractivity contribution in [2.45, 2.75) is 13.0 Å². The molecule has 19 heavy (non-hydrogen) atoms. The smallest absolute Gasteiger partial charge is 0.0878 e. The van der Waals surface area contributed by atoms with Crippen LogP contribution in [0.1, 0.15) is 5.56 Å². The number of aliphatic hydroxyl groups excluding tert-OH is 1. The van der Waals surface area contributed by atoms with E-state index in [1.165, 1.54) is 0 Å². The Hall–Kier alpha value is -1.23. The van der Waals surface area contributed by atoms with Gasteiger partial charge in [0.25, 0.3) is 0 Å². The van der Waals surface area contributed by atoms with Crippen molar-refractivity contribution in [2.24, 2.45) is 0 Å². The maximum Gasteiger partial charge on any atom is 0.0878 e. The van der Waals surface area contributed by atoms with Crippen LogP contribution in [0.3, 0.4) is 0 Å². The lowest BCUT2D eigenvalue weighted by Gasteiger charge is -2.14. The highest BCUT2D eigenvalue weighted by Gasteiger charge is 2.08. The predicted molar refractivity (Wildman–Crippen MR) is 78.5 cm³/mol. The van der Waals surface area contributed by atoms with Crippen LogP contribution in [0.25, 0.3) is 5.69 Å². The molecule has 0 saturated carbocycles. The fourth-order valence-electron chi connectivity index (χ4n) is 1.68. The van der Waals surface area contributed by atoms with Gasteiger partial charge in [0.1, 0.15) is 0 Å². The second-order valence-electron chi connectivity index (χ2n) is 4.31. The second-order valence-corrected chi connectivity index (χ2v) is 5.06. The number of nitrogens with one attached hydrogen (secondary N) is 1. The van der Waals surface area contributed by atoms with Crippen LogP contribution in [0.2, 0.25) is 5.02 Å². The fraction of sp³-hybridized carbons (Fsp3) is 0.308. The minimum absolute atomic E-state index is 0.184. The Kier molecular flexibility index (Phi) is 4.69. The van der Waals surface area contributed by atoms with Crippen LogP contribution >= 0.6 is 23.2 Å². The van der Waals surface area contributed by atoms with Crippen LogP contribution in [0.5, 0.6) is 0 Å². The number of aromatic nitrogens is 2. The van der Waals surface area contributed by atoms with Gasteiger partial charge in [-0.25, -0.2) is 4.68 Å². The van der Waals surface area contributed by atoms with E-state index in [4.69, 9.17) is 23.2 Å². The number of rotatable bonds is 5. The highest BCUT2D eigenvalue weighted by molar-refractivity contribution is 6.31. The van der Waals surface area contributed by atoms with Crippen molar-refractivity contribution in [1.82, 2.24) is 9.78 Å². The summed E-state index contributed by atoms with van der Waals surface area (Å²) >= 11 is 11.6. The molecule has 0 aliphatic heterocycles. The molecule has 0 fully saturated rings. The van der Waals surface area contributed by atoms with Gasteiger partial charge in [0.15, 0.2) is 0 Å². The van der Waals surface area contributed by atoms with Crippen molar-refractivity contribution in [2.75, 3.05) is 17.7 Å². The van der Waals surface area contributed by atoms with Gasteiger partial charge in [0.05, 0.1) is 29.6 Å². The van der Waals surface area contributed by atoms with E-state index in [0.29, 0.717) is 11.6 Å². The van der Waals surface area contributed by atoms with Gasteiger partial charge in [-0.1, -0.05) is 11.6 Å². The molecule has 1 aromatic heterocycles. The summed E-state index contributed by atoms with van der Waals surface area (Å²) < 4.78 is 1.76. The van der Waals surface area contributed by atoms with Crippen LogP contribution < -0.4 is 5.32 Å². The zero-order valence-electron chi connectivity index (χ0n) is 10.5. The topological polar surface area (TPSA) is 50.1 Å². The average molecular weight is 300 g/mol. The van der Waals surface area contributed by atoms with Crippen LogP contribution in [-0.2, 0) is 0 Å². The van der Waals surface area contributed by atoms with Gasteiger partial charge < -0.3 is 10.4 Å². The number of aliphatic hydroxyl groups is 1. The number of alkyl halides is 1. The summed E-state index contributed by atoms with van der Waals surface area (Å²) in [6.45, 7) is 2.33. The first kappa shape index (κ1) is 14.2. The molecule has 0 saturated heterocycles. The monoisotopic (exact) mass is 299 g/mol. The lowest BCUT2D eigenvalue weighted by Crippen LogP contribution is -2.21. The van der Waals surface area contributed by atoms with Crippen molar-refractivity contribution in [1.29, 1.82) is 0 Å². The molecule has 0 bridgehead atoms. The first-order valence-corrected chi connectivity index (χ1v) is 6.80. The third-order valence-corrected chi connectivity index (χ3v) is 3.21. The SMILES string of the molecule is Cc1cnn(-c2ccc(Cl)cc2NCC(O)CCl)c1. The molecule has 0 radical (unpaired) electrons. The fourth-order valence-corrected chi connectivity index (χ4v) is 1.96. The molecule has 0 spiro atoms. The van der Waals surface area contributed by atoms with Crippen molar-refractivity contribution in [3.63, 3.8) is 0 Å². The van der Waals surface area contributed by atoms with Gasteiger partial charge in [-0.3, -0.25) is 0 Å². The Bertz CT molecular complexity index is 557. The number of anilines is 1. The molecule has 0 aliphatic rings. The molecule has 4 nitrogen and oxygen atoms in total. The molecule has 0 amide bonds. The van der Waals surface area contributed by atoms with Gasteiger partial charge in [-0.2, -0.15) is 5.10 Å². The van der Waals surface area contributed by atoms with Gasteiger partial charge in [-0.05, 0) is 30.7 Å². The number of benzene rings is 1. The summed E-state index contributed by atoms with van der Waals surface area (Å²) in [6.07, 6.45) is 3.10. The van der Waals surface area contributed by atoms with Crippen LogP contribution in [0, 0.1) is 6.92 Å². The molecule has 102 valence electrons. The molecule has 1 aromatic carbocycles. The molecule has 1 unspecified atom stereocenters. The van der Waals surface area contributed by atoms with E-state index in [1.807, 2.05) is 19.2 Å². The Balaban J connectivity index is 2.27. The summed E-state index contributed by atoms with van der Waals surface area (Å²) in [4.78, 5) is 0. The molecular weight excluding hydrogens is 285 g/mol. The number of nitrogens with zero attached hydrogens (tertiary/aromatic N) is 2. The third-order valence-electron chi connectivity index (χ3n) is 2.62. The number of halogens is 2. The Morgan fingerprint density at radius 3 is 2.89 bits per heavy atom. The molecule has 0 aliphatic carbocycles. The molecule has 6 heteroatoms. The zero-order chi connectivity index (χ0) is 13.8. The molecular formula is C13H15Cl2N3O. The Morgan fingerprint density at radius 2 is 2.26 bits per heavy atom. The number of aryl methyl sites for hydroxylation is 1. The zero-order valence-corrected chi connectivity index (χ0v) is 12.0. The summed E-state index contributed by atoms with van der Waals surface area (Å²) in [5.41, 5.74) is 2.75. The lowest BCUT2D eigenvalue weighted by molar-refractivity contribution is 0.211. The van der Waals surface area contributed by atoms with Gasteiger partial charge in [0.2, 0.25) is 0 Å². The highest BCUT2D eigenvalue weighted by atomic mass is 35.5. The molecule has 1 heterocycles. The quantitative estimate of drug-likeness (QED) is 0.835. The van der Waals surface area contributed by atoms with E-state index in [1.54, 1.807) is 23.0 Å². The predicted octanol–water partition coefficient (Wildman–Crippen LogP) is 2.85. The molecule has 1 atom stereocenters. The summed E-state index contributed by atoms with van der Waals surface area (Å²) in [5.74, 6) is 0.184.